The molecule has 2 heterocycles. The molecule has 94 valence electrons. The maximum Gasteiger partial charge on any atom is 0.223 e. The van der Waals surface area contributed by atoms with Gasteiger partial charge in [0.2, 0.25) is 5.91 Å². The Kier molecular flexibility index (Phi) is 4.09. The first-order chi connectivity index (χ1) is 8.15. The molecule has 2 rings (SSSR count). The molecule has 0 spiro atoms. The predicted molar refractivity (Wildman–Crippen MR) is 67.1 cm³/mol. The second-order valence-electron chi connectivity index (χ2n) is 4.21. The summed E-state index contributed by atoms with van der Waals surface area (Å²) in [7, 11) is 0. The van der Waals surface area contributed by atoms with Crippen molar-refractivity contribution in [2.24, 2.45) is 0 Å². The fourth-order valence-electron chi connectivity index (χ4n) is 1.79. The SMILES string of the molecule is CC(=O)Nc1ncc(CN2CCOCC2C)s1. The van der Waals surface area contributed by atoms with E-state index in [2.05, 4.69) is 22.1 Å². The lowest BCUT2D eigenvalue weighted by Crippen LogP contribution is -2.42. The number of hydrogen-bond acceptors (Lipinski definition) is 5. The van der Waals surface area contributed by atoms with E-state index in [-0.39, 0.29) is 5.91 Å². The van der Waals surface area contributed by atoms with Gasteiger partial charge in [-0.25, -0.2) is 4.98 Å². The van der Waals surface area contributed by atoms with Crippen molar-refractivity contribution in [2.75, 3.05) is 25.1 Å². The van der Waals surface area contributed by atoms with Gasteiger partial charge in [-0.15, -0.1) is 11.3 Å². The number of amides is 1. The first-order valence-corrected chi connectivity index (χ1v) is 6.51. The van der Waals surface area contributed by atoms with Crippen LogP contribution in [0.2, 0.25) is 0 Å². The molecule has 5 nitrogen and oxygen atoms in total. The van der Waals surface area contributed by atoms with Gasteiger partial charge in [-0.05, 0) is 6.92 Å². The van der Waals surface area contributed by atoms with Crippen molar-refractivity contribution < 1.29 is 9.53 Å². The minimum Gasteiger partial charge on any atom is -0.379 e. The van der Waals surface area contributed by atoms with E-state index in [1.807, 2.05) is 6.20 Å². The molecule has 1 N–H and O–H groups in total. The first kappa shape index (κ1) is 12.5. The van der Waals surface area contributed by atoms with Crippen molar-refractivity contribution in [1.82, 2.24) is 9.88 Å². The number of nitrogens with one attached hydrogen (secondary N) is 1. The summed E-state index contributed by atoms with van der Waals surface area (Å²) in [4.78, 5) is 18.6. The highest BCUT2D eigenvalue weighted by Crippen LogP contribution is 2.21. The number of morpholine rings is 1. The van der Waals surface area contributed by atoms with Gasteiger partial charge in [0, 0.05) is 37.1 Å². The third kappa shape index (κ3) is 3.49. The zero-order valence-electron chi connectivity index (χ0n) is 10.1. The molecule has 17 heavy (non-hydrogen) atoms. The van der Waals surface area contributed by atoms with Crippen molar-refractivity contribution in [3.63, 3.8) is 0 Å². The minimum absolute atomic E-state index is 0.0781. The fourth-order valence-corrected chi connectivity index (χ4v) is 2.67. The summed E-state index contributed by atoms with van der Waals surface area (Å²) in [5, 5.41) is 3.37. The highest BCUT2D eigenvalue weighted by molar-refractivity contribution is 7.15. The largest absolute Gasteiger partial charge is 0.379 e. The van der Waals surface area contributed by atoms with Crippen LogP contribution >= 0.6 is 11.3 Å². The van der Waals surface area contributed by atoms with Crippen molar-refractivity contribution in [2.45, 2.75) is 26.4 Å². The van der Waals surface area contributed by atoms with Crippen LogP contribution in [0.4, 0.5) is 5.13 Å². The van der Waals surface area contributed by atoms with E-state index >= 15 is 0 Å². The molecule has 1 fully saturated rings. The van der Waals surface area contributed by atoms with E-state index in [0.29, 0.717) is 11.2 Å². The number of carbonyl (C=O) groups excluding carboxylic acids is 1. The van der Waals surface area contributed by atoms with Gasteiger partial charge >= 0.3 is 0 Å². The maximum atomic E-state index is 10.9. The van der Waals surface area contributed by atoms with Crippen molar-refractivity contribution in [1.29, 1.82) is 0 Å². The highest BCUT2D eigenvalue weighted by atomic mass is 32.1. The van der Waals surface area contributed by atoms with Crippen LogP contribution in [0.1, 0.15) is 18.7 Å². The third-order valence-corrected chi connectivity index (χ3v) is 3.60. The van der Waals surface area contributed by atoms with Crippen LogP contribution in [-0.2, 0) is 16.1 Å². The van der Waals surface area contributed by atoms with Crippen molar-refractivity contribution in [3.05, 3.63) is 11.1 Å². The summed E-state index contributed by atoms with van der Waals surface area (Å²) in [5.74, 6) is -0.0781. The zero-order chi connectivity index (χ0) is 12.3. The normalized spacial score (nSPS) is 21.4. The third-order valence-electron chi connectivity index (χ3n) is 2.70. The van der Waals surface area contributed by atoms with Crippen molar-refractivity contribution in [3.8, 4) is 0 Å². The molecule has 1 aromatic heterocycles. The van der Waals surface area contributed by atoms with Gasteiger partial charge in [-0.2, -0.15) is 0 Å². The number of anilines is 1. The summed E-state index contributed by atoms with van der Waals surface area (Å²) >= 11 is 1.53. The predicted octanol–water partition coefficient (Wildman–Crippen LogP) is 1.32. The maximum absolute atomic E-state index is 10.9. The molecule has 0 aliphatic carbocycles. The molecule has 1 aliphatic rings. The van der Waals surface area contributed by atoms with E-state index in [9.17, 15) is 4.79 Å². The van der Waals surface area contributed by atoms with E-state index in [4.69, 9.17) is 4.74 Å². The average Bonchev–Trinajstić information content (AvgIpc) is 2.68. The standard InChI is InChI=1S/C11H17N3O2S/c1-8-7-16-4-3-14(8)6-10-5-12-11(17-10)13-9(2)15/h5,8H,3-4,6-7H2,1-2H3,(H,12,13,15). The number of aromatic nitrogens is 1. The topological polar surface area (TPSA) is 54.5 Å². The van der Waals surface area contributed by atoms with Crippen LogP contribution in [0.15, 0.2) is 6.20 Å². The number of hydrogen-bond donors (Lipinski definition) is 1. The quantitative estimate of drug-likeness (QED) is 0.885. The molecule has 1 aromatic rings. The van der Waals surface area contributed by atoms with Crippen LogP contribution in [0.25, 0.3) is 0 Å². The minimum atomic E-state index is -0.0781. The van der Waals surface area contributed by atoms with E-state index < -0.39 is 0 Å². The molecule has 0 bridgehead atoms. The van der Waals surface area contributed by atoms with Crippen LogP contribution in [0.5, 0.6) is 0 Å². The van der Waals surface area contributed by atoms with Crippen LogP contribution in [0.3, 0.4) is 0 Å². The van der Waals surface area contributed by atoms with Gasteiger partial charge in [-0.1, -0.05) is 0 Å². The Morgan fingerprint density at radius 1 is 1.76 bits per heavy atom. The highest BCUT2D eigenvalue weighted by Gasteiger charge is 2.19. The Balaban J connectivity index is 1.93. The number of thiazole rings is 1. The van der Waals surface area contributed by atoms with Gasteiger partial charge in [0.25, 0.3) is 0 Å². The van der Waals surface area contributed by atoms with Crippen LogP contribution in [-0.4, -0.2) is 41.6 Å². The smallest absolute Gasteiger partial charge is 0.223 e. The van der Waals surface area contributed by atoms with E-state index in [1.165, 1.54) is 23.1 Å². The summed E-state index contributed by atoms with van der Waals surface area (Å²) in [6, 6.07) is 0.440. The molecule has 6 heteroatoms. The van der Waals surface area contributed by atoms with Crippen LogP contribution in [0, 0.1) is 0 Å². The molecular formula is C11H17N3O2S. The summed E-state index contributed by atoms with van der Waals surface area (Å²) in [6.07, 6.45) is 1.83. The Morgan fingerprint density at radius 2 is 2.59 bits per heavy atom. The summed E-state index contributed by atoms with van der Waals surface area (Å²) in [5.41, 5.74) is 0. The monoisotopic (exact) mass is 255 g/mol. The molecule has 1 atom stereocenters. The molecule has 1 saturated heterocycles. The van der Waals surface area contributed by atoms with Gasteiger partial charge in [-0.3, -0.25) is 9.69 Å². The molecule has 0 aromatic carbocycles. The summed E-state index contributed by atoms with van der Waals surface area (Å²) < 4.78 is 5.40. The Morgan fingerprint density at radius 3 is 3.29 bits per heavy atom. The lowest BCUT2D eigenvalue weighted by atomic mass is 10.2. The molecule has 1 aliphatic heterocycles. The number of nitrogens with zero attached hydrogens (tertiary/aromatic N) is 2. The number of carbonyl (C=O) groups is 1. The van der Waals surface area contributed by atoms with Gasteiger partial charge < -0.3 is 10.1 Å². The fraction of sp³-hybridized carbons (Fsp3) is 0.636. The number of rotatable bonds is 3. The molecule has 0 saturated carbocycles. The van der Waals surface area contributed by atoms with Gasteiger partial charge in [0.15, 0.2) is 5.13 Å². The van der Waals surface area contributed by atoms with Crippen LogP contribution < -0.4 is 5.32 Å². The molecule has 0 radical (unpaired) electrons. The first-order valence-electron chi connectivity index (χ1n) is 5.69. The van der Waals surface area contributed by atoms with Crippen molar-refractivity contribution >= 4 is 22.4 Å². The second kappa shape index (κ2) is 5.57. The van der Waals surface area contributed by atoms with E-state index in [1.54, 1.807) is 0 Å². The lowest BCUT2D eigenvalue weighted by Gasteiger charge is -2.32. The number of ether oxygens (including phenoxy) is 1. The van der Waals surface area contributed by atoms with E-state index in [0.717, 1.165) is 26.3 Å². The van der Waals surface area contributed by atoms with Gasteiger partial charge in [0.05, 0.1) is 13.2 Å². The Labute approximate surface area is 105 Å². The van der Waals surface area contributed by atoms with Gasteiger partial charge in [0.1, 0.15) is 0 Å². The molecule has 1 amide bonds. The summed E-state index contributed by atoms with van der Waals surface area (Å²) in [6.45, 7) is 7.06. The lowest BCUT2D eigenvalue weighted by molar-refractivity contribution is -0.114. The second-order valence-corrected chi connectivity index (χ2v) is 5.32. The zero-order valence-corrected chi connectivity index (χ0v) is 10.9. The molecule has 1 unspecified atom stereocenters. The average molecular weight is 255 g/mol. The Hall–Kier alpha value is -0.980. The Bertz CT molecular complexity index is 394. The molecular weight excluding hydrogens is 238 g/mol.